The SMILES string of the molecule is C[C@@H](COc1ccc(F)cc1F)C(=O)O. The first-order valence-corrected chi connectivity index (χ1v) is 4.31. The van der Waals surface area contributed by atoms with Crippen molar-refractivity contribution in [3.63, 3.8) is 0 Å². The van der Waals surface area contributed by atoms with Crippen LogP contribution in [0, 0.1) is 17.6 Å². The third-order valence-corrected chi connectivity index (χ3v) is 1.80. The molecule has 0 unspecified atom stereocenters. The summed E-state index contributed by atoms with van der Waals surface area (Å²) in [7, 11) is 0. The van der Waals surface area contributed by atoms with Gasteiger partial charge in [-0.05, 0) is 19.1 Å². The molecule has 0 saturated carbocycles. The highest BCUT2D eigenvalue weighted by molar-refractivity contribution is 5.69. The van der Waals surface area contributed by atoms with Crippen LogP contribution >= 0.6 is 0 Å². The Balaban J connectivity index is 2.62. The molecule has 0 heterocycles. The molecule has 0 aliphatic heterocycles. The zero-order valence-electron chi connectivity index (χ0n) is 8.04. The summed E-state index contributed by atoms with van der Waals surface area (Å²) in [6, 6.07) is 2.85. The van der Waals surface area contributed by atoms with Crippen molar-refractivity contribution >= 4 is 5.97 Å². The molecule has 0 fully saturated rings. The number of hydrogen-bond donors (Lipinski definition) is 1. The maximum absolute atomic E-state index is 13.0. The Kier molecular flexibility index (Phi) is 3.60. The number of carboxylic acid groups (broad SMARTS) is 1. The highest BCUT2D eigenvalue weighted by atomic mass is 19.1. The second-order valence-electron chi connectivity index (χ2n) is 3.13. The number of rotatable bonds is 4. The van der Waals surface area contributed by atoms with E-state index in [2.05, 4.69) is 0 Å². The number of carboxylic acids is 1. The van der Waals surface area contributed by atoms with E-state index in [0.717, 1.165) is 12.1 Å². The summed E-state index contributed by atoms with van der Waals surface area (Å²) >= 11 is 0. The van der Waals surface area contributed by atoms with Crippen molar-refractivity contribution in [3.05, 3.63) is 29.8 Å². The second-order valence-corrected chi connectivity index (χ2v) is 3.13. The van der Waals surface area contributed by atoms with E-state index in [1.165, 1.54) is 6.92 Å². The third-order valence-electron chi connectivity index (χ3n) is 1.80. The maximum Gasteiger partial charge on any atom is 0.309 e. The normalized spacial score (nSPS) is 12.2. The van der Waals surface area contributed by atoms with Gasteiger partial charge in [0.25, 0.3) is 0 Å². The molecule has 1 N–H and O–H groups in total. The van der Waals surface area contributed by atoms with Gasteiger partial charge in [0.05, 0.1) is 5.92 Å². The van der Waals surface area contributed by atoms with E-state index in [9.17, 15) is 13.6 Å². The van der Waals surface area contributed by atoms with E-state index < -0.39 is 23.5 Å². The van der Waals surface area contributed by atoms with Crippen molar-refractivity contribution in [2.75, 3.05) is 6.61 Å². The third kappa shape index (κ3) is 3.19. The molecule has 0 aliphatic rings. The molecule has 3 nitrogen and oxygen atoms in total. The van der Waals surface area contributed by atoms with Crippen LogP contribution in [0.15, 0.2) is 18.2 Å². The van der Waals surface area contributed by atoms with Crippen LogP contribution in [0.1, 0.15) is 6.92 Å². The number of ether oxygens (including phenoxy) is 1. The minimum Gasteiger partial charge on any atom is -0.490 e. The summed E-state index contributed by atoms with van der Waals surface area (Å²) in [5.41, 5.74) is 0. The van der Waals surface area contributed by atoms with Gasteiger partial charge in [-0.25, -0.2) is 8.78 Å². The summed E-state index contributed by atoms with van der Waals surface area (Å²) in [6.45, 7) is 1.28. The Morgan fingerprint density at radius 1 is 1.53 bits per heavy atom. The molecule has 0 aromatic heterocycles. The Hall–Kier alpha value is -1.65. The van der Waals surface area contributed by atoms with Crippen LogP contribution in [0.25, 0.3) is 0 Å². The molecule has 0 bridgehead atoms. The number of aliphatic carboxylic acids is 1. The Bertz CT molecular complexity index is 366. The van der Waals surface area contributed by atoms with Crippen molar-refractivity contribution in [3.8, 4) is 5.75 Å². The van der Waals surface area contributed by atoms with Crippen LogP contribution < -0.4 is 4.74 Å². The zero-order valence-corrected chi connectivity index (χ0v) is 8.04. The van der Waals surface area contributed by atoms with Gasteiger partial charge in [0.15, 0.2) is 11.6 Å². The molecule has 5 heteroatoms. The van der Waals surface area contributed by atoms with Gasteiger partial charge in [0, 0.05) is 6.07 Å². The molecular formula is C10H10F2O3. The standard InChI is InChI=1S/C10H10F2O3/c1-6(10(13)14)5-15-9-3-2-7(11)4-8(9)12/h2-4,6H,5H2,1H3,(H,13,14)/t6-/m0/s1. The molecule has 1 atom stereocenters. The van der Waals surface area contributed by atoms with Crippen LogP contribution in [-0.2, 0) is 4.79 Å². The lowest BCUT2D eigenvalue weighted by Gasteiger charge is -2.09. The molecule has 1 aromatic rings. The largest absolute Gasteiger partial charge is 0.490 e. The lowest BCUT2D eigenvalue weighted by molar-refractivity contribution is -0.142. The highest BCUT2D eigenvalue weighted by Gasteiger charge is 2.13. The van der Waals surface area contributed by atoms with Gasteiger partial charge in [-0.3, -0.25) is 4.79 Å². The van der Waals surface area contributed by atoms with Crippen LogP contribution in [0.4, 0.5) is 8.78 Å². The Morgan fingerprint density at radius 2 is 2.20 bits per heavy atom. The van der Waals surface area contributed by atoms with Gasteiger partial charge in [-0.1, -0.05) is 0 Å². The fourth-order valence-electron chi connectivity index (χ4n) is 0.878. The fourth-order valence-corrected chi connectivity index (χ4v) is 0.878. The molecule has 0 aliphatic carbocycles. The Morgan fingerprint density at radius 3 is 2.73 bits per heavy atom. The minimum atomic E-state index is -1.03. The Labute approximate surface area is 85.3 Å². The van der Waals surface area contributed by atoms with Crippen molar-refractivity contribution in [2.45, 2.75) is 6.92 Å². The van der Waals surface area contributed by atoms with Crippen molar-refractivity contribution < 1.29 is 23.4 Å². The summed E-state index contributed by atoms with van der Waals surface area (Å²) in [5, 5.41) is 8.54. The van der Waals surface area contributed by atoms with Crippen LogP contribution in [0.3, 0.4) is 0 Å². The van der Waals surface area contributed by atoms with Gasteiger partial charge in [-0.15, -0.1) is 0 Å². The summed E-state index contributed by atoms with van der Waals surface area (Å²) in [6.07, 6.45) is 0. The first-order chi connectivity index (χ1) is 7.00. The molecular weight excluding hydrogens is 206 g/mol. The quantitative estimate of drug-likeness (QED) is 0.837. The van der Waals surface area contributed by atoms with Gasteiger partial charge in [0.2, 0.25) is 0 Å². The van der Waals surface area contributed by atoms with E-state index >= 15 is 0 Å². The van der Waals surface area contributed by atoms with Gasteiger partial charge in [0.1, 0.15) is 12.4 Å². The van der Waals surface area contributed by atoms with E-state index in [1.807, 2.05) is 0 Å². The monoisotopic (exact) mass is 216 g/mol. The van der Waals surface area contributed by atoms with E-state index in [1.54, 1.807) is 0 Å². The first kappa shape index (κ1) is 11.4. The van der Waals surface area contributed by atoms with Gasteiger partial charge < -0.3 is 9.84 Å². The molecule has 15 heavy (non-hydrogen) atoms. The molecule has 0 radical (unpaired) electrons. The topological polar surface area (TPSA) is 46.5 Å². The van der Waals surface area contributed by atoms with E-state index in [-0.39, 0.29) is 12.4 Å². The van der Waals surface area contributed by atoms with Gasteiger partial charge in [-0.2, -0.15) is 0 Å². The maximum atomic E-state index is 13.0. The van der Waals surface area contributed by atoms with Crippen molar-refractivity contribution in [1.29, 1.82) is 0 Å². The lowest BCUT2D eigenvalue weighted by atomic mass is 10.2. The summed E-state index contributed by atoms with van der Waals surface area (Å²) in [4.78, 5) is 10.4. The van der Waals surface area contributed by atoms with Crippen molar-refractivity contribution in [1.82, 2.24) is 0 Å². The predicted octanol–water partition coefficient (Wildman–Crippen LogP) is 2.06. The molecule has 1 aromatic carbocycles. The van der Waals surface area contributed by atoms with Crippen LogP contribution in [0.2, 0.25) is 0 Å². The zero-order chi connectivity index (χ0) is 11.4. The molecule has 0 amide bonds. The average Bonchev–Trinajstić information content (AvgIpc) is 2.15. The molecule has 82 valence electrons. The summed E-state index contributed by atoms with van der Waals surface area (Å²) in [5.74, 6) is -3.46. The number of hydrogen-bond acceptors (Lipinski definition) is 2. The second kappa shape index (κ2) is 4.72. The smallest absolute Gasteiger partial charge is 0.309 e. The minimum absolute atomic E-state index is 0.149. The van der Waals surface area contributed by atoms with Gasteiger partial charge >= 0.3 is 5.97 Å². The van der Waals surface area contributed by atoms with Crippen LogP contribution in [0.5, 0.6) is 5.75 Å². The first-order valence-electron chi connectivity index (χ1n) is 4.31. The summed E-state index contributed by atoms with van der Waals surface area (Å²) < 4.78 is 30.4. The lowest BCUT2D eigenvalue weighted by Crippen LogP contribution is -2.18. The fraction of sp³-hybridized carbons (Fsp3) is 0.300. The molecule has 0 spiro atoms. The van der Waals surface area contributed by atoms with E-state index in [0.29, 0.717) is 6.07 Å². The van der Waals surface area contributed by atoms with Crippen LogP contribution in [-0.4, -0.2) is 17.7 Å². The highest BCUT2D eigenvalue weighted by Crippen LogP contribution is 2.18. The number of carbonyl (C=O) groups is 1. The van der Waals surface area contributed by atoms with E-state index in [4.69, 9.17) is 9.84 Å². The predicted molar refractivity (Wildman–Crippen MR) is 48.7 cm³/mol. The molecule has 0 saturated heterocycles. The average molecular weight is 216 g/mol. The number of halogens is 2. The molecule has 1 rings (SSSR count). The number of benzene rings is 1. The van der Waals surface area contributed by atoms with Crippen molar-refractivity contribution in [2.24, 2.45) is 5.92 Å².